The van der Waals surface area contributed by atoms with Crippen molar-refractivity contribution in [2.75, 3.05) is 26.9 Å². The summed E-state index contributed by atoms with van der Waals surface area (Å²) in [6.07, 6.45) is -8.56. The van der Waals surface area contributed by atoms with E-state index in [-0.39, 0.29) is 64.6 Å². The van der Waals surface area contributed by atoms with Gasteiger partial charge in [0, 0.05) is 17.9 Å². The molecule has 7 rings (SSSR count). The summed E-state index contributed by atoms with van der Waals surface area (Å²) in [6.45, 7) is 14.6. The molecule has 7 fully saturated rings. The molecule has 57 heavy (non-hydrogen) atoms. The van der Waals surface area contributed by atoms with Gasteiger partial charge in [0.1, 0.15) is 42.7 Å². The Labute approximate surface area is 338 Å². The van der Waals surface area contributed by atoms with Gasteiger partial charge in [-0.3, -0.25) is 0 Å². The summed E-state index contributed by atoms with van der Waals surface area (Å²) >= 11 is 0. The molecule has 2 aliphatic heterocycles. The van der Waals surface area contributed by atoms with E-state index in [0.717, 1.165) is 44.9 Å². The Morgan fingerprint density at radius 3 is 2.00 bits per heavy atom. The molecule has 5 aliphatic carbocycles. The van der Waals surface area contributed by atoms with Crippen molar-refractivity contribution in [1.29, 1.82) is 0 Å². The van der Waals surface area contributed by atoms with Crippen LogP contribution in [0.25, 0.3) is 0 Å². The Morgan fingerprint density at radius 2 is 1.37 bits per heavy atom. The van der Waals surface area contributed by atoms with Crippen molar-refractivity contribution in [2.24, 2.45) is 56.2 Å². The highest BCUT2D eigenvalue weighted by Gasteiger charge is 2.74. The summed E-state index contributed by atoms with van der Waals surface area (Å²) in [4.78, 5) is 0. The van der Waals surface area contributed by atoms with Gasteiger partial charge in [-0.05, 0) is 110 Å². The summed E-state index contributed by atoms with van der Waals surface area (Å²) in [5.41, 5.74) is -1.94. The lowest BCUT2D eigenvalue weighted by Gasteiger charge is -2.75. The van der Waals surface area contributed by atoms with Gasteiger partial charge in [0.2, 0.25) is 0 Å². The van der Waals surface area contributed by atoms with Gasteiger partial charge >= 0.3 is 0 Å². The number of hydrogen-bond acceptors (Lipinski definition) is 14. The molecule has 0 radical (unpaired) electrons. The second kappa shape index (κ2) is 15.4. The van der Waals surface area contributed by atoms with Gasteiger partial charge in [0.25, 0.3) is 0 Å². The number of fused-ring (bicyclic) bond motifs is 7. The van der Waals surface area contributed by atoms with Crippen LogP contribution in [0.1, 0.15) is 106 Å². The van der Waals surface area contributed by atoms with E-state index in [1.54, 1.807) is 6.92 Å². The highest BCUT2D eigenvalue weighted by Crippen LogP contribution is 2.77. The van der Waals surface area contributed by atoms with Crippen molar-refractivity contribution in [3.8, 4) is 0 Å². The number of ether oxygens (including phenoxy) is 5. The summed E-state index contributed by atoms with van der Waals surface area (Å²) in [5, 5.41) is 98.1. The van der Waals surface area contributed by atoms with Crippen LogP contribution in [0.5, 0.6) is 0 Å². The second-order valence-corrected chi connectivity index (χ2v) is 21.4. The average molecular weight is 815 g/mol. The minimum Gasteiger partial charge on any atom is -0.396 e. The number of aliphatic hydroxyl groups excluding tert-OH is 9. The minimum absolute atomic E-state index is 0.0107. The molecule has 1 unspecified atom stereocenters. The molecule has 22 atom stereocenters. The Kier molecular flexibility index (Phi) is 12.0. The van der Waals surface area contributed by atoms with E-state index in [4.69, 9.17) is 23.7 Å². The van der Waals surface area contributed by atoms with Crippen LogP contribution in [0.2, 0.25) is 0 Å². The lowest BCUT2D eigenvalue weighted by molar-refractivity contribution is -0.378. The normalized spacial score (nSPS) is 57.5. The first-order valence-corrected chi connectivity index (χ1v) is 21.7. The molecule has 9 N–H and O–H groups in total. The van der Waals surface area contributed by atoms with Crippen molar-refractivity contribution >= 4 is 0 Å². The molecule has 0 amide bonds. The third-order valence-electron chi connectivity index (χ3n) is 18.3. The first-order valence-electron chi connectivity index (χ1n) is 21.7. The van der Waals surface area contributed by atoms with Crippen LogP contribution in [0.3, 0.4) is 0 Å². The molecular formula is C43H74O14. The summed E-state index contributed by atoms with van der Waals surface area (Å²) in [5.74, 6) is 0.496. The van der Waals surface area contributed by atoms with E-state index in [1.807, 2.05) is 14.0 Å². The fraction of sp³-hybridized carbons (Fsp3) is 1.00. The highest BCUT2D eigenvalue weighted by atomic mass is 16.8. The minimum atomic E-state index is -1.75. The largest absolute Gasteiger partial charge is 0.396 e. The summed E-state index contributed by atoms with van der Waals surface area (Å²) < 4.78 is 31.1. The maximum absolute atomic E-state index is 12.2. The van der Waals surface area contributed by atoms with Crippen molar-refractivity contribution < 1.29 is 69.6 Å². The number of rotatable bonds is 8. The van der Waals surface area contributed by atoms with Crippen LogP contribution in [0.4, 0.5) is 0 Å². The van der Waals surface area contributed by atoms with Gasteiger partial charge < -0.3 is 69.6 Å². The molecule has 0 spiro atoms. The second-order valence-electron chi connectivity index (χ2n) is 21.4. The van der Waals surface area contributed by atoms with Crippen LogP contribution < -0.4 is 0 Å². The molecule has 2 saturated heterocycles. The fourth-order valence-electron chi connectivity index (χ4n) is 14.8. The maximum atomic E-state index is 12.2. The highest BCUT2D eigenvalue weighted by molar-refractivity contribution is 5.22. The molecule has 0 bridgehead atoms. The van der Waals surface area contributed by atoms with Crippen molar-refractivity contribution in [2.45, 2.75) is 186 Å². The Morgan fingerprint density at radius 1 is 0.667 bits per heavy atom. The van der Waals surface area contributed by atoms with Crippen molar-refractivity contribution in [3.05, 3.63) is 0 Å². The first kappa shape index (κ1) is 44.5. The van der Waals surface area contributed by atoms with Crippen molar-refractivity contribution in [3.63, 3.8) is 0 Å². The van der Waals surface area contributed by atoms with E-state index in [0.29, 0.717) is 12.8 Å². The summed E-state index contributed by atoms with van der Waals surface area (Å²) in [6, 6.07) is 0. The Bertz CT molecular complexity index is 1430. The van der Waals surface area contributed by atoms with E-state index < -0.39 is 91.1 Å². The van der Waals surface area contributed by atoms with Gasteiger partial charge in [-0.25, -0.2) is 0 Å². The zero-order chi connectivity index (χ0) is 41.8. The Hall–Kier alpha value is -0.560. The van der Waals surface area contributed by atoms with Gasteiger partial charge in [-0.1, -0.05) is 41.5 Å². The molecule has 0 aromatic rings. The molecule has 7 aliphatic rings. The standard InChI is InChI=1S/C43H74O14/c1-21-29(48)32(51)34(57-36-33(52)31(50)30(49)25(18-44)55-36)37(54-21)56-28-10-11-39(4)26(40(28,5)19-45)9-12-41(6)35(39)24(53-8)15-22-23-16-38(2,3)13-14-43(23,20-46)27(47)17-42(22,41)7/h21-37,44-52H,9-20H2,1-8H3/t21-,22?,23+,24-,25-,26-,27+,28+,29+,30-,31+,32+,33-,34-,35-,36+,37+,39+,40+,41-,42-,43-/m1/s1. The predicted octanol–water partition coefficient (Wildman–Crippen LogP) is 1.47. The molecule has 5 saturated carbocycles. The SMILES string of the molecule is CO[C@@H]1CC2[C@@H]3CC(C)(C)CC[C@]3(CO)[C@@H](O)C[C@@]2(C)[C@]2(C)CC[C@H]3[C@](C)(CO)[C@@H](O[C@@H]4O[C@H](C)[C@H](O)[C@H](O)[C@H]4O[C@@H]4O[C@H](CO)[C@@H](O)[C@H](O)[C@H]4O)CC[C@]3(C)[C@@H]12. The smallest absolute Gasteiger partial charge is 0.187 e. The molecule has 14 nitrogen and oxygen atoms in total. The number of methoxy groups -OCH3 is 1. The maximum Gasteiger partial charge on any atom is 0.187 e. The molecule has 330 valence electrons. The zero-order valence-corrected chi connectivity index (χ0v) is 35.4. The van der Waals surface area contributed by atoms with Gasteiger partial charge in [-0.2, -0.15) is 0 Å². The zero-order valence-electron chi connectivity index (χ0n) is 35.4. The fourth-order valence-corrected chi connectivity index (χ4v) is 14.8. The van der Waals surface area contributed by atoms with Gasteiger partial charge in [-0.15, -0.1) is 0 Å². The van der Waals surface area contributed by atoms with Crippen LogP contribution >= 0.6 is 0 Å². The average Bonchev–Trinajstić information content (AvgIpc) is 3.16. The van der Waals surface area contributed by atoms with E-state index in [1.165, 1.54) is 0 Å². The van der Waals surface area contributed by atoms with Crippen LogP contribution in [-0.2, 0) is 23.7 Å². The molecule has 0 aromatic carbocycles. The monoisotopic (exact) mass is 815 g/mol. The van der Waals surface area contributed by atoms with Crippen LogP contribution in [0.15, 0.2) is 0 Å². The van der Waals surface area contributed by atoms with E-state index in [2.05, 4.69) is 34.6 Å². The number of aliphatic hydroxyl groups is 9. The third-order valence-corrected chi connectivity index (χ3v) is 18.3. The van der Waals surface area contributed by atoms with Gasteiger partial charge in [0.05, 0.1) is 44.2 Å². The topological polar surface area (TPSA) is 228 Å². The predicted molar refractivity (Wildman–Crippen MR) is 205 cm³/mol. The third kappa shape index (κ3) is 6.55. The molecule has 2 heterocycles. The van der Waals surface area contributed by atoms with Crippen molar-refractivity contribution in [1.82, 2.24) is 0 Å². The van der Waals surface area contributed by atoms with Gasteiger partial charge in [0.15, 0.2) is 12.6 Å². The molecular weight excluding hydrogens is 740 g/mol. The summed E-state index contributed by atoms with van der Waals surface area (Å²) in [7, 11) is 1.82. The van der Waals surface area contributed by atoms with Crippen LogP contribution in [-0.4, -0.2) is 153 Å². The Balaban J connectivity index is 1.18. The molecule has 14 heteroatoms. The van der Waals surface area contributed by atoms with E-state index >= 15 is 0 Å². The lowest BCUT2D eigenvalue weighted by atomic mass is 9.30. The van der Waals surface area contributed by atoms with Crippen LogP contribution in [0, 0.1) is 56.2 Å². The van der Waals surface area contributed by atoms with E-state index in [9.17, 15) is 46.0 Å². The first-order chi connectivity index (χ1) is 26.6. The molecule has 0 aromatic heterocycles. The number of hydrogen-bond donors (Lipinski definition) is 9. The lowest BCUT2D eigenvalue weighted by Crippen LogP contribution is -2.73. The quantitative estimate of drug-likeness (QED) is 0.158.